The van der Waals surface area contributed by atoms with E-state index < -0.39 is 6.10 Å². The second-order valence-corrected chi connectivity index (χ2v) is 8.37. The SMILES string of the molecule is CCC(=O)Nc1ccccc1OCC(O)CN1CCC(Oc2ccc(Cl)c(Cl)c2)CC1. The van der Waals surface area contributed by atoms with Crippen molar-refractivity contribution < 1.29 is 19.4 Å². The van der Waals surface area contributed by atoms with E-state index in [1.165, 1.54) is 0 Å². The Bertz CT molecular complexity index is 872. The maximum absolute atomic E-state index is 11.7. The van der Waals surface area contributed by atoms with Gasteiger partial charge in [0, 0.05) is 32.1 Å². The van der Waals surface area contributed by atoms with E-state index in [0.29, 0.717) is 34.4 Å². The summed E-state index contributed by atoms with van der Waals surface area (Å²) in [4.78, 5) is 13.9. The van der Waals surface area contributed by atoms with E-state index in [-0.39, 0.29) is 18.6 Å². The molecule has 1 fully saturated rings. The molecule has 2 aromatic carbocycles. The zero-order valence-electron chi connectivity index (χ0n) is 17.5. The number of likely N-dealkylation sites (tertiary alicyclic amines) is 1. The first-order valence-corrected chi connectivity index (χ1v) is 11.2. The molecule has 0 aromatic heterocycles. The molecule has 0 bridgehead atoms. The quantitative estimate of drug-likeness (QED) is 0.563. The highest BCUT2D eigenvalue weighted by Crippen LogP contribution is 2.28. The van der Waals surface area contributed by atoms with Crippen LogP contribution in [0.15, 0.2) is 42.5 Å². The van der Waals surface area contributed by atoms with Crippen molar-refractivity contribution in [3.8, 4) is 11.5 Å². The average molecular weight is 467 g/mol. The summed E-state index contributed by atoms with van der Waals surface area (Å²) in [6.07, 6.45) is 1.58. The van der Waals surface area contributed by atoms with Crippen LogP contribution in [0.25, 0.3) is 0 Å². The summed E-state index contributed by atoms with van der Waals surface area (Å²) < 4.78 is 11.8. The molecule has 8 heteroatoms. The Labute approximate surface area is 193 Å². The molecule has 0 spiro atoms. The normalized spacial score (nSPS) is 16.0. The van der Waals surface area contributed by atoms with Crippen LogP contribution in [0, 0.1) is 0 Å². The molecule has 0 saturated carbocycles. The number of β-amino-alcohol motifs (C(OH)–C–C–N with tert-alkyl or cyclic N) is 1. The van der Waals surface area contributed by atoms with Crippen molar-refractivity contribution in [3.05, 3.63) is 52.5 Å². The first-order valence-electron chi connectivity index (χ1n) is 10.5. The summed E-state index contributed by atoms with van der Waals surface area (Å²) in [5, 5.41) is 14.2. The summed E-state index contributed by atoms with van der Waals surface area (Å²) in [6.45, 7) is 4.11. The van der Waals surface area contributed by atoms with Gasteiger partial charge in [-0.05, 0) is 37.1 Å². The molecule has 2 aromatic rings. The van der Waals surface area contributed by atoms with Crippen LogP contribution in [-0.2, 0) is 4.79 Å². The first kappa shape index (κ1) is 23.7. The highest BCUT2D eigenvalue weighted by Gasteiger charge is 2.23. The number of rotatable bonds is 9. The zero-order valence-corrected chi connectivity index (χ0v) is 19.0. The van der Waals surface area contributed by atoms with Gasteiger partial charge in [-0.15, -0.1) is 0 Å². The number of nitrogens with zero attached hydrogens (tertiary/aromatic N) is 1. The van der Waals surface area contributed by atoms with E-state index >= 15 is 0 Å². The van der Waals surface area contributed by atoms with Crippen LogP contribution in [-0.4, -0.2) is 54.4 Å². The molecule has 1 atom stereocenters. The molecule has 2 N–H and O–H groups in total. The Balaban J connectivity index is 1.42. The number of piperidine rings is 1. The fraction of sp³-hybridized carbons (Fsp3) is 0.435. The summed E-state index contributed by atoms with van der Waals surface area (Å²) in [5.41, 5.74) is 0.613. The lowest BCUT2D eigenvalue weighted by Crippen LogP contribution is -2.43. The number of ether oxygens (including phenoxy) is 2. The van der Waals surface area contributed by atoms with Crippen molar-refractivity contribution in [3.63, 3.8) is 0 Å². The molecule has 1 heterocycles. The van der Waals surface area contributed by atoms with Crippen molar-refractivity contribution >= 4 is 34.8 Å². The Morgan fingerprint density at radius 3 is 2.65 bits per heavy atom. The number of nitrogens with one attached hydrogen (secondary N) is 1. The Hall–Kier alpha value is -1.99. The molecular formula is C23H28Cl2N2O4. The van der Waals surface area contributed by atoms with Crippen LogP contribution >= 0.6 is 23.2 Å². The standard InChI is InChI=1S/C23H28Cl2N2O4/c1-2-23(29)26-21-5-3-4-6-22(21)30-15-16(28)14-27-11-9-17(10-12-27)31-18-7-8-19(24)20(25)13-18/h3-8,13,16-17,28H,2,9-12,14-15H2,1H3,(H,26,29). The number of aliphatic hydroxyl groups is 1. The molecule has 3 rings (SSSR count). The van der Waals surface area contributed by atoms with E-state index in [4.69, 9.17) is 32.7 Å². The minimum atomic E-state index is -0.637. The molecule has 1 amide bonds. The molecular weight excluding hydrogens is 439 g/mol. The number of para-hydroxylation sites is 2. The van der Waals surface area contributed by atoms with Gasteiger partial charge in [-0.3, -0.25) is 4.79 Å². The van der Waals surface area contributed by atoms with Gasteiger partial charge in [-0.1, -0.05) is 42.3 Å². The van der Waals surface area contributed by atoms with Gasteiger partial charge in [-0.25, -0.2) is 0 Å². The number of hydrogen-bond donors (Lipinski definition) is 2. The third kappa shape index (κ3) is 7.28. The van der Waals surface area contributed by atoms with E-state index in [1.54, 1.807) is 31.2 Å². The average Bonchev–Trinajstić information content (AvgIpc) is 2.77. The van der Waals surface area contributed by atoms with E-state index in [1.807, 2.05) is 18.2 Å². The fourth-order valence-corrected chi connectivity index (χ4v) is 3.71. The summed E-state index contributed by atoms with van der Waals surface area (Å²) in [7, 11) is 0. The van der Waals surface area contributed by atoms with Crippen LogP contribution < -0.4 is 14.8 Å². The Morgan fingerprint density at radius 1 is 1.19 bits per heavy atom. The van der Waals surface area contributed by atoms with Crippen LogP contribution in [0.5, 0.6) is 11.5 Å². The largest absolute Gasteiger partial charge is 0.490 e. The summed E-state index contributed by atoms with van der Waals surface area (Å²) in [5.74, 6) is 1.19. The van der Waals surface area contributed by atoms with Crippen molar-refractivity contribution in [1.29, 1.82) is 0 Å². The maximum atomic E-state index is 11.7. The Kier molecular flexibility index (Phi) is 8.84. The summed E-state index contributed by atoms with van der Waals surface area (Å²) >= 11 is 12.0. The van der Waals surface area contributed by atoms with Gasteiger partial charge in [0.2, 0.25) is 5.91 Å². The van der Waals surface area contributed by atoms with Crippen LogP contribution in [0.2, 0.25) is 10.0 Å². The first-order chi connectivity index (χ1) is 14.9. The van der Waals surface area contributed by atoms with Crippen molar-refractivity contribution in [1.82, 2.24) is 4.90 Å². The molecule has 1 aliphatic heterocycles. The topological polar surface area (TPSA) is 71.0 Å². The summed E-state index contributed by atoms with van der Waals surface area (Å²) in [6, 6.07) is 12.5. The lowest BCUT2D eigenvalue weighted by molar-refractivity contribution is -0.115. The van der Waals surface area contributed by atoms with Gasteiger partial charge in [0.25, 0.3) is 0 Å². The van der Waals surface area contributed by atoms with E-state index in [0.717, 1.165) is 31.7 Å². The maximum Gasteiger partial charge on any atom is 0.224 e. The Morgan fingerprint density at radius 2 is 1.94 bits per heavy atom. The predicted molar refractivity (Wildman–Crippen MR) is 123 cm³/mol. The van der Waals surface area contributed by atoms with E-state index in [2.05, 4.69) is 10.2 Å². The number of amides is 1. The number of halogens is 2. The highest BCUT2D eigenvalue weighted by molar-refractivity contribution is 6.42. The number of carbonyl (C=O) groups is 1. The third-order valence-corrected chi connectivity index (χ3v) is 5.85. The number of carbonyl (C=O) groups excluding carboxylic acids is 1. The van der Waals surface area contributed by atoms with E-state index in [9.17, 15) is 9.90 Å². The minimum Gasteiger partial charge on any atom is -0.490 e. The highest BCUT2D eigenvalue weighted by atomic mass is 35.5. The lowest BCUT2D eigenvalue weighted by atomic mass is 10.1. The second-order valence-electron chi connectivity index (χ2n) is 7.56. The minimum absolute atomic E-state index is 0.0810. The van der Waals surface area contributed by atoms with Crippen molar-refractivity contribution in [2.45, 2.75) is 38.4 Å². The fourth-order valence-electron chi connectivity index (χ4n) is 3.42. The number of anilines is 1. The predicted octanol–water partition coefficient (Wildman–Crippen LogP) is 4.63. The molecule has 1 aliphatic rings. The molecule has 0 radical (unpaired) electrons. The molecule has 6 nitrogen and oxygen atoms in total. The van der Waals surface area contributed by atoms with Gasteiger partial charge in [0.15, 0.2) is 0 Å². The second kappa shape index (κ2) is 11.6. The van der Waals surface area contributed by atoms with Crippen molar-refractivity contribution in [2.75, 3.05) is 31.6 Å². The van der Waals surface area contributed by atoms with Crippen LogP contribution in [0.3, 0.4) is 0 Å². The van der Waals surface area contributed by atoms with Gasteiger partial charge in [0.05, 0.1) is 15.7 Å². The monoisotopic (exact) mass is 466 g/mol. The number of benzene rings is 2. The number of aliphatic hydroxyl groups excluding tert-OH is 1. The number of hydrogen-bond acceptors (Lipinski definition) is 5. The van der Waals surface area contributed by atoms with Gasteiger partial charge >= 0.3 is 0 Å². The zero-order chi connectivity index (χ0) is 22.2. The van der Waals surface area contributed by atoms with Gasteiger partial charge in [0.1, 0.15) is 30.3 Å². The molecule has 1 unspecified atom stereocenters. The van der Waals surface area contributed by atoms with Crippen LogP contribution in [0.1, 0.15) is 26.2 Å². The third-order valence-electron chi connectivity index (χ3n) is 5.11. The van der Waals surface area contributed by atoms with Crippen molar-refractivity contribution in [2.24, 2.45) is 0 Å². The molecule has 0 aliphatic carbocycles. The molecule has 168 valence electrons. The van der Waals surface area contributed by atoms with Gasteiger partial charge < -0.3 is 24.8 Å². The smallest absolute Gasteiger partial charge is 0.224 e. The molecule has 1 saturated heterocycles. The van der Waals surface area contributed by atoms with Gasteiger partial charge in [-0.2, -0.15) is 0 Å². The molecule has 31 heavy (non-hydrogen) atoms. The lowest BCUT2D eigenvalue weighted by Gasteiger charge is -2.33. The van der Waals surface area contributed by atoms with Crippen LogP contribution in [0.4, 0.5) is 5.69 Å².